The van der Waals surface area contributed by atoms with Crippen molar-refractivity contribution in [1.82, 2.24) is 0 Å². The van der Waals surface area contributed by atoms with Crippen LogP contribution in [0.25, 0.3) is 0 Å². The van der Waals surface area contributed by atoms with Gasteiger partial charge >= 0.3 is 0 Å². The molecule has 4 nitrogen and oxygen atoms in total. The maximum Gasteiger partial charge on any atom is 0.244 e. The fourth-order valence-corrected chi connectivity index (χ4v) is 2.69. The van der Waals surface area contributed by atoms with Crippen LogP contribution in [0.1, 0.15) is 18.1 Å². The van der Waals surface area contributed by atoms with Gasteiger partial charge in [-0.3, -0.25) is 9.59 Å². The summed E-state index contributed by atoms with van der Waals surface area (Å²) in [5.41, 5.74) is 3.51. The number of aryl methyl sites for hydroxylation is 2. The minimum Gasteiger partial charge on any atom is -0.324 e. The van der Waals surface area contributed by atoms with E-state index in [1.54, 1.807) is 0 Å². The summed E-state index contributed by atoms with van der Waals surface area (Å²) in [4.78, 5) is 25.6. The Hall–Kier alpha value is -2.14. The molecule has 0 heterocycles. The first-order chi connectivity index (χ1) is 10.9. The first-order valence-corrected chi connectivity index (χ1v) is 8.07. The molecule has 2 aromatic rings. The highest BCUT2D eigenvalue weighted by molar-refractivity contribution is 9.10. The maximum atomic E-state index is 12.3. The van der Waals surface area contributed by atoms with Crippen molar-refractivity contribution >= 4 is 39.1 Å². The summed E-state index contributed by atoms with van der Waals surface area (Å²) in [5.74, 6) is -0.400. The molecule has 0 bridgehead atoms. The van der Waals surface area contributed by atoms with Gasteiger partial charge in [-0.05, 0) is 49.7 Å². The standard InChI is InChI=1S/C18H19BrN2O2/c1-12-4-7-16(8-5-12)21(14(3)22)11-18(23)20-17-9-6-15(19)10-13(17)2/h4-10H,11H2,1-3H3,(H,20,23). The number of anilines is 2. The van der Waals surface area contributed by atoms with Gasteiger partial charge in [0.2, 0.25) is 11.8 Å². The quantitative estimate of drug-likeness (QED) is 0.876. The van der Waals surface area contributed by atoms with Crippen LogP contribution in [0.15, 0.2) is 46.9 Å². The van der Waals surface area contributed by atoms with Crippen molar-refractivity contribution in [1.29, 1.82) is 0 Å². The topological polar surface area (TPSA) is 49.4 Å². The van der Waals surface area contributed by atoms with Crippen LogP contribution in [0.5, 0.6) is 0 Å². The average molecular weight is 375 g/mol. The predicted molar refractivity (Wildman–Crippen MR) is 96.7 cm³/mol. The van der Waals surface area contributed by atoms with Gasteiger partial charge in [0.25, 0.3) is 0 Å². The third-order valence-electron chi connectivity index (χ3n) is 3.49. The second-order valence-corrected chi connectivity index (χ2v) is 6.36. The van der Waals surface area contributed by atoms with Gasteiger partial charge in [-0.1, -0.05) is 33.6 Å². The van der Waals surface area contributed by atoms with Crippen LogP contribution in [-0.4, -0.2) is 18.4 Å². The summed E-state index contributed by atoms with van der Waals surface area (Å²) in [7, 11) is 0. The fraction of sp³-hybridized carbons (Fsp3) is 0.222. The van der Waals surface area contributed by atoms with Gasteiger partial charge in [0, 0.05) is 22.8 Å². The van der Waals surface area contributed by atoms with Crippen molar-refractivity contribution in [2.75, 3.05) is 16.8 Å². The highest BCUT2D eigenvalue weighted by Crippen LogP contribution is 2.20. The zero-order chi connectivity index (χ0) is 17.0. The van der Waals surface area contributed by atoms with E-state index in [0.29, 0.717) is 5.69 Å². The van der Waals surface area contributed by atoms with Crippen LogP contribution in [0.2, 0.25) is 0 Å². The van der Waals surface area contributed by atoms with Crippen molar-refractivity contribution < 1.29 is 9.59 Å². The van der Waals surface area contributed by atoms with Crippen molar-refractivity contribution in [2.45, 2.75) is 20.8 Å². The van der Waals surface area contributed by atoms with Crippen LogP contribution < -0.4 is 10.2 Å². The molecule has 1 N–H and O–H groups in total. The van der Waals surface area contributed by atoms with E-state index in [1.807, 2.05) is 56.3 Å². The molecule has 0 saturated heterocycles. The van der Waals surface area contributed by atoms with E-state index >= 15 is 0 Å². The van der Waals surface area contributed by atoms with Crippen LogP contribution in [0.3, 0.4) is 0 Å². The molecule has 0 fully saturated rings. The lowest BCUT2D eigenvalue weighted by Crippen LogP contribution is -2.36. The lowest BCUT2D eigenvalue weighted by atomic mass is 10.2. The minimum absolute atomic E-state index is 0.0199. The third kappa shape index (κ3) is 4.66. The molecular weight excluding hydrogens is 356 g/mol. The summed E-state index contributed by atoms with van der Waals surface area (Å²) in [6.07, 6.45) is 0. The zero-order valence-electron chi connectivity index (χ0n) is 13.4. The largest absolute Gasteiger partial charge is 0.324 e. The first kappa shape index (κ1) is 17.2. The normalized spacial score (nSPS) is 10.3. The molecule has 2 aromatic carbocycles. The monoisotopic (exact) mass is 374 g/mol. The zero-order valence-corrected chi connectivity index (χ0v) is 15.0. The van der Waals surface area contributed by atoms with Crippen LogP contribution in [0.4, 0.5) is 11.4 Å². The molecule has 2 amide bonds. The van der Waals surface area contributed by atoms with Crippen molar-refractivity contribution in [2.24, 2.45) is 0 Å². The van der Waals surface area contributed by atoms with Crippen LogP contribution >= 0.6 is 15.9 Å². The molecule has 5 heteroatoms. The Balaban J connectivity index is 2.12. The third-order valence-corrected chi connectivity index (χ3v) is 3.98. The number of nitrogens with one attached hydrogen (secondary N) is 1. The number of rotatable bonds is 4. The molecule has 0 aliphatic heterocycles. The van der Waals surface area contributed by atoms with Crippen LogP contribution in [0, 0.1) is 13.8 Å². The average Bonchev–Trinajstić information content (AvgIpc) is 2.48. The van der Waals surface area contributed by atoms with E-state index in [4.69, 9.17) is 0 Å². The molecule has 0 saturated carbocycles. The lowest BCUT2D eigenvalue weighted by Gasteiger charge is -2.21. The van der Waals surface area contributed by atoms with Gasteiger partial charge < -0.3 is 10.2 Å². The molecule has 0 unspecified atom stereocenters. The van der Waals surface area contributed by atoms with Gasteiger partial charge in [-0.2, -0.15) is 0 Å². The second-order valence-electron chi connectivity index (χ2n) is 5.45. The Morgan fingerprint density at radius 2 is 1.74 bits per heavy atom. The van der Waals surface area contributed by atoms with E-state index in [-0.39, 0.29) is 18.4 Å². The fourth-order valence-electron chi connectivity index (χ4n) is 2.21. The van der Waals surface area contributed by atoms with Gasteiger partial charge in [-0.25, -0.2) is 0 Å². The van der Waals surface area contributed by atoms with Crippen LogP contribution in [-0.2, 0) is 9.59 Å². The Morgan fingerprint density at radius 1 is 1.09 bits per heavy atom. The number of hydrogen-bond acceptors (Lipinski definition) is 2. The summed E-state index contributed by atoms with van der Waals surface area (Å²) in [6, 6.07) is 13.2. The number of benzene rings is 2. The maximum absolute atomic E-state index is 12.3. The van der Waals surface area contributed by atoms with Gasteiger partial charge in [0.15, 0.2) is 0 Å². The van der Waals surface area contributed by atoms with E-state index in [0.717, 1.165) is 21.3 Å². The Bertz CT molecular complexity index is 726. The highest BCUT2D eigenvalue weighted by atomic mass is 79.9. The highest BCUT2D eigenvalue weighted by Gasteiger charge is 2.16. The van der Waals surface area contributed by atoms with E-state index < -0.39 is 0 Å². The van der Waals surface area contributed by atoms with Crippen molar-refractivity contribution in [3.05, 3.63) is 58.1 Å². The Labute approximate surface area is 144 Å². The van der Waals surface area contributed by atoms with Crippen molar-refractivity contribution in [3.8, 4) is 0 Å². The summed E-state index contributed by atoms with van der Waals surface area (Å²) in [6.45, 7) is 5.33. The van der Waals surface area contributed by atoms with E-state index in [1.165, 1.54) is 11.8 Å². The molecule has 23 heavy (non-hydrogen) atoms. The number of carbonyl (C=O) groups is 2. The molecule has 0 spiro atoms. The molecule has 120 valence electrons. The summed E-state index contributed by atoms with van der Waals surface area (Å²) >= 11 is 3.39. The molecule has 0 atom stereocenters. The first-order valence-electron chi connectivity index (χ1n) is 7.27. The smallest absolute Gasteiger partial charge is 0.244 e. The number of hydrogen-bond donors (Lipinski definition) is 1. The van der Waals surface area contributed by atoms with Gasteiger partial charge in [0.05, 0.1) is 0 Å². The number of nitrogens with zero attached hydrogens (tertiary/aromatic N) is 1. The van der Waals surface area contributed by atoms with Gasteiger partial charge in [-0.15, -0.1) is 0 Å². The number of carbonyl (C=O) groups excluding carboxylic acids is 2. The van der Waals surface area contributed by atoms with E-state index in [2.05, 4.69) is 21.2 Å². The molecule has 0 aliphatic carbocycles. The minimum atomic E-state index is -0.230. The van der Waals surface area contributed by atoms with Gasteiger partial charge in [0.1, 0.15) is 6.54 Å². The lowest BCUT2D eigenvalue weighted by molar-refractivity contribution is -0.120. The Kier molecular flexibility index (Phi) is 5.55. The molecule has 0 radical (unpaired) electrons. The summed E-state index contributed by atoms with van der Waals surface area (Å²) in [5, 5.41) is 2.85. The number of amides is 2. The molecular formula is C18H19BrN2O2. The SMILES string of the molecule is CC(=O)N(CC(=O)Nc1ccc(Br)cc1C)c1ccc(C)cc1. The number of halogens is 1. The molecule has 0 aromatic heterocycles. The van der Waals surface area contributed by atoms with E-state index in [9.17, 15) is 9.59 Å². The summed E-state index contributed by atoms with van der Waals surface area (Å²) < 4.78 is 0.956. The Morgan fingerprint density at radius 3 is 2.30 bits per heavy atom. The molecule has 0 aliphatic rings. The van der Waals surface area contributed by atoms with Crippen molar-refractivity contribution in [3.63, 3.8) is 0 Å². The predicted octanol–water partition coefficient (Wildman–Crippen LogP) is 4.06. The second kappa shape index (κ2) is 7.42. The molecule has 2 rings (SSSR count).